The van der Waals surface area contributed by atoms with E-state index < -0.39 is 30.4 Å². The van der Waals surface area contributed by atoms with Crippen LogP contribution in [-0.2, 0) is 12.7 Å². The van der Waals surface area contributed by atoms with E-state index in [9.17, 15) is 35.9 Å². The highest BCUT2D eigenvalue weighted by Gasteiger charge is 2.32. The van der Waals surface area contributed by atoms with Gasteiger partial charge in [0.2, 0.25) is 0 Å². The summed E-state index contributed by atoms with van der Waals surface area (Å²) < 4.78 is 82.9. The normalized spacial score (nSPS) is 14.1. The van der Waals surface area contributed by atoms with Crippen LogP contribution in [0.3, 0.4) is 0 Å². The SMILES string of the molecule is Cc1c(C(=O)NCC(F)(F)F)ccc2nn(CC3CN(C(=O)c4ccc(Oc5ccc(C(F)(F)F)cc5)cc4)C3)cc12. The van der Waals surface area contributed by atoms with Crippen molar-refractivity contribution in [2.75, 3.05) is 19.6 Å². The topological polar surface area (TPSA) is 76.5 Å². The van der Waals surface area contributed by atoms with Crippen LogP contribution >= 0.6 is 0 Å². The number of benzene rings is 3. The monoisotopic (exact) mass is 590 g/mol. The molecular formula is C29H24F6N4O3. The maximum atomic E-state index is 12.9. The molecule has 0 radical (unpaired) electrons. The minimum absolute atomic E-state index is 0.125. The number of aromatic nitrogens is 2. The lowest BCUT2D eigenvalue weighted by atomic mass is 9.99. The van der Waals surface area contributed by atoms with E-state index in [4.69, 9.17) is 4.74 Å². The first kappa shape index (κ1) is 29.0. The molecule has 0 spiro atoms. The molecule has 1 aliphatic rings. The summed E-state index contributed by atoms with van der Waals surface area (Å²) >= 11 is 0. The van der Waals surface area contributed by atoms with Gasteiger partial charge in [0.05, 0.1) is 11.1 Å². The molecule has 1 saturated heterocycles. The smallest absolute Gasteiger partial charge is 0.416 e. The quantitative estimate of drug-likeness (QED) is 0.260. The summed E-state index contributed by atoms with van der Waals surface area (Å²) in [4.78, 5) is 26.8. The van der Waals surface area contributed by atoms with Gasteiger partial charge in [0.15, 0.2) is 0 Å². The number of hydrogen-bond acceptors (Lipinski definition) is 4. The van der Waals surface area contributed by atoms with Crippen molar-refractivity contribution < 1.29 is 40.7 Å². The van der Waals surface area contributed by atoms with E-state index in [1.54, 1.807) is 53.0 Å². The van der Waals surface area contributed by atoms with Crippen LogP contribution in [0.2, 0.25) is 0 Å². The van der Waals surface area contributed by atoms with E-state index in [2.05, 4.69) is 5.10 Å². The Kier molecular flexibility index (Phi) is 7.60. The van der Waals surface area contributed by atoms with Crippen LogP contribution in [0.25, 0.3) is 10.9 Å². The summed E-state index contributed by atoms with van der Waals surface area (Å²) in [6, 6.07) is 13.6. The highest BCUT2D eigenvalue weighted by atomic mass is 19.4. The van der Waals surface area contributed by atoms with E-state index in [0.29, 0.717) is 47.4 Å². The lowest BCUT2D eigenvalue weighted by Crippen LogP contribution is -2.51. The second kappa shape index (κ2) is 11.0. The number of halogens is 6. The molecule has 0 saturated carbocycles. The van der Waals surface area contributed by atoms with Crippen molar-refractivity contribution in [1.82, 2.24) is 20.0 Å². The van der Waals surface area contributed by atoms with Crippen LogP contribution in [-0.4, -0.2) is 52.3 Å². The zero-order valence-corrected chi connectivity index (χ0v) is 22.1. The van der Waals surface area contributed by atoms with Crippen LogP contribution < -0.4 is 10.1 Å². The Bertz CT molecular complexity index is 1610. The number of alkyl halides is 6. The van der Waals surface area contributed by atoms with E-state index in [-0.39, 0.29) is 23.1 Å². The molecule has 0 bridgehead atoms. The molecule has 13 heteroatoms. The number of carbonyl (C=O) groups excluding carboxylic acids is 2. The van der Waals surface area contributed by atoms with E-state index in [0.717, 1.165) is 12.1 Å². The van der Waals surface area contributed by atoms with Gasteiger partial charge in [0.1, 0.15) is 18.0 Å². The number of nitrogens with zero attached hydrogens (tertiary/aromatic N) is 3. The third-order valence-corrected chi connectivity index (χ3v) is 6.91. The van der Waals surface area contributed by atoms with Crippen LogP contribution in [0.5, 0.6) is 11.5 Å². The summed E-state index contributed by atoms with van der Waals surface area (Å²) in [6.45, 7) is 1.72. The first-order chi connectivity index (χ1) is 19.8. The Hall–Kier alpha value is -4.55. The van der Waals surface area contributed by atoms with Gasteiger partial charge in [-0.1, -0.05) is 0 Å². The van der Waals surface area contributed by atoms with Crippen LogP contribution in [0.4, 0.5) is 26.3 Å². The lowest BCUT2D eigenvalue weighted by molar-refractivity contribution is -0.137. The first-order valence-corrected chi connectivity index (χ1v) is 12.8. The molecule has 1 aromatic heterocycles. The predicted molar refractivity (Wildman–Crippen MR) is 140 cm³/mol. The molecule has 5 rings (SSSR count). The third-order valence-electron chi connectivity index (χ3n) is 6.91. The van der Waals surface area contributed by atoms with Crippen molar-refractivity contribution in [2.45, 2.75) is 25.8 Å². The number of aryl methyl sites for hydroxylation is 1. The molecule has 3 aromatic carbocycles. The molecule has 42 heavy (non-hydrogen) atoms. The number of amides is 2. The van der Waals surface area contributed by atoms with Crippen molar-refractivity contribution in [3.8, 4) is 11.5 Å². The fourth-order valence-electron chi connectivity index (χ4n) is 4.71. The highest BCUT2D eigenvalue weighted by Crippen LogP contribution is 2.32. The van der Waals surface area contributed by atoms with Gasteiger partial charge in [0, 0.05) is 48.3 Å². The number of carbonyl (C=O) groups is 2. The number of rotatable bonds is 7. The first-order valence-electron chi connectivity index (χ1n) is 12.8. The zero-order valence-electron chi connectivity index (χ0n) is 22.1. The molecule has 220 valence electrons. The van der Waals surface area contributed by atoms with Crippen molar-refractivity contribution in [3.63, 3.8) is 0 Å². The number of likely N-dealkylation sites (tertiary alicyclic amines) is 1. The summed E-state index contributed by atoms with van der Waals surface area (Å²) in [6.07, 6.45) is -7.20. The van der Waals surface area contributed by atoms with Crippen molar-refractivity contribution in [3.05, 3.63) is 89.1 Å². The van der Waals surface area contributed by atoms with E-state index >= 15 is 0 Å². The molecule has 2 heterocycles. The Morgan fingerprint density at radius 3 is 2.14 bits per heavy atom. The number of ether oxygens (including phenoxy) is 1. The van der Waals surface area contributed by atoms with Gasteiger partial charge in [-0.25, -0.2) is 0 Å². The Balaban J connectivity index is 1.15. The standard InChI is InChI=1S/C29H24F6N4O3/c1-17-23(26(40)36-16-28(30,31)32)10-11-25-24(17)15-39(37-25)14-18-12-38(13-18)27(41)19-2-6-21(7-3-19)42-22-8-4-20(5-9-22)29(33,34)35/h2-11,15,18H,12-14,16H2,1H3,(H,36,40). The average molecular weight is 591 g/mol. The zero-order chi connectivity index (χ0) is 30.2. The molecule has 1 aliphatic heterocycles. The Labute approximate surface area is 235 Å². The molecule has 0 aliphatic carbocycles. The van der Waals surface area contributed by atoms with Gasteiger partial charge in [0.25, 0.3) is 11.8 Å². The van der Waals surface area contributed by atoms with Crippen molar-refractivity contribution >= 4 is 22.7 Å². The molecule has 7 nitrogen and oxygen atoms in total. The summed E-state index contributed by atoms with van der Waals surface area (Å²) in [5, 5.41) is 7.04. The lowest BCUT2D eigenvalue weighted by Gasteiger charge is -2.39. The molecule has 0 unspecified atom stereocenters. The van der Waals surface area contributed by atoms with Gasteiger partial charge in [-0.3, -0.25) is 14.3 Å². The second-order valence-electron chi connectivity index (χ2n) is 10.0. The minimum Gasteiger partial charge on any atom is -0.457 e. The van der Waals surface area contributed by atoms with Gasteiger partial charge in [-0.2, -0.15) is 31.4 Å². The second-order valence-corrected chi connectivity index (χ2v) is 10.0. The fraction of sp³-hybridized carbons (Fsp3) is 0.276. The van der Waals surface area contributed by atoms with E-state index in [1.165, 1.54) is 18.2 Å². The molecule has 1 fully saturated rings. The van der Waals surface area contributed by atoms with Crippen LogP contribution in [0.15, 0.2) is 66.9 Å². The van der Waals surface area contributed by atoms with Gasteiger partial charge in [-0.15, -0.1) is 0 Å². The molecule has 1 N–H and O–H groups in total. The van der Waals surface area contributed by atoms with Crippen LogP contribution in [0, 0.1) is 12.8 Å². The maximum absolute atomic E-state index is 12.9. The predicted octanol–water partition coefficient (Wildman–Crippen LogP) is 6.22. The van der Waals surface area contributed by atoms with Crippen molar-refractivity contribution in [2.24, 2.45) is 5.92 Å². The van der Waals surface area contributed by atoms with Gasteiger partial charge >= 0.3 is 12.4 Å². The number of nitrogens with one attached hydrogen (secondary N) is 1. The van der Waals surface area contributed by atoms with E-state index in [1.807, 2.05) is 5.32 Å². The fourth-order valence-corrected chi connectivity index (χ4v) is 4.71. The minimum atomic E-state index is -4.51. The Morgan fingerprint density at radius 1 is 0.929 bits per heavy atom. The van der Waals surface area contributed by atoms with Crippen molar-refractivity contribution in [1.29, 1.82) is 0 Å². The van der Waals surface area contributed by atoms with Gasteiger partial charge < -0.3 is 15.0 Å². The van der Waals surface area contributed by atoms with Gasteiger partial charge in [-0.05, 0) is 73.2 Å². The summed E-state index contributed by atoms with van der Waals surface area (Å²) in [5.74, 6) is -0.263. The molecular weight excluding hydrogens is 566 g/mol. The molecule has 4 aromatic rings. The molecule has 2 amide bonds. The summed E-state index contributed by atoms with van der Waals surface area (Å²) in [5.41, 5.74) is 0.925. The third kappa shape index (κ3) is 6.50. The number of fused-ring (bicyclic) bond motifs is 1. The Morgan fingerprint density at radius 2 is 1.55 bits per heavy atom. The maximum Gasteiger partial charge on any atom is 0.416 e. The highest BCUT2D eigenvalue weighted by molar-refractivity contribution is 6.00. The molecule has 0 atom stereocenters. The summed E-state index contributed by atoms with van der Waals surface area (Å²) in [7, 11) is 0. The number of hydrogen-bond donors (Lipinski definition) is 1. The largest absolute Gasteiger partial charge is 0.457 e. The average Bonchev–Trinajstić information content (AvgIpc) is 3.33. The van der Waals surface area contributed by atoms with Crippen LogP contribution in [0.1, 0.15) is 31.8 Å².